The summed E-state index contributed by atoms with van der Waals surface area (Å²) < 4.78 is 0.855. The van der Waals surface area contributed by atoms with E-state index in [4.69, 9.17) is 11.6 Å². The number of carbonyl (C=O) groups is 1. The molecule has 3 heteroatoms. The number of benzene rings is 3. The molecule has 3 aromatic rings. The van der Waals surface area contributed by atoms with Crippen LogP contribution in [-0.2, 0) is 6.42 Å². The van der Waals surface area contributed by atoms with Crippen molar-refractivity contribution < 1.29 is 4.79 Å². The molecule has 0 unspecified atom stereocenters. The van der Waals surface area contributed by atoms with E-state index in [-0.39, 0.29) is 5.78 Å². The van der Waals surface area contributed by atoms with Gasteiger partial charge in [-0.15, -0.1) is 0 Å². The fraction of sp³-hybridized carbons (Fsp3) is 0.0556. The van der Waals surface area contributed by atoms with Crippen LogP contribution in [0.3, 0.4) is 0 Å². The number of hydrogen-bond donors (Lipinski definition) is 0. The zero-order valence-electron chi connectivity index (χ0n) is 11.1. The number of hydrogen-bond acceptors (Lipinski definition) is 1. The van der Waals surface area contributed by atoms with E-state index in [1.807, 2.05) is 30.3 Å². The van der Waals surface area contributed by atoms with E-state index < -0.39 is 0 Å². The molecule has 0 atom stereocenters. The Kier molecular flexibility index (Phi) is 4.09. The third-order valence-corrected chi connectivity index (χ3v) is 4.23. The fourth-order valence-electron chi connectivity index (χ4n) is 2.34. The Morgan fingerprint density at radius 1 is 0.952 bits per heavy atom. The van der Waals surface area contributed by atoms with Gasteiger partial charge in [-0.05, 0) is 34.5 Å². The molecule has 104 valence electrons. The average Bonchev–Trinajstić information content (AvgIpc) is 2.49. The van der Waals surface area contributed by atoms with Crippen LogP contribution in [0.25, 0.3) is 10.8 Å². The first-order valence-corrected chi connectivity index (χ1v) is 7.76. The van der Waals surface area contributed by atoms with Gasteiger partial charge < -0.3 is 0 Å². The van der Waals surface area contributed by atoms with Gasteiger partial charge in [0.15, 0.2) is 5.78 Å². The van der Waals surface area contributed by atoms with Crippen LogP contribution in [0.5, 0.6) is 0 Å². The topological polar surface area (TPSA) is 17.1 Å². The van der Waals surface area contributed by atoms with E-state index in [2.05, 4.69) is 34.1 Å². The molecule has 0 aliphatic heterocycles. The minimum Gasteiger partial charge on any atom is -0.294 e. The molecule has 0 saturated carbocycles. The zero-order chi connectivity index (χ0) is 14.8. The number of halogens is 2. The zero-order valence-corrected chi connectivity index (χ0v) is 13.5. The highest BCUT2D eigenvalue weighted by Gasteiger charge is 2.12. The highest BCUT2D eigenvalue weighted by molar-refractivity contribution is 9.10. The van der Waals surface area contributed by atoms with Gasteiger partial charge in [0.2, 0.25) is 0 Å². The highest BCUT2D eigenvalue weighted by Crippen LogP contribution is 2.23. The molecule has 0 heterocycles. The molecular formula is C18H12BrClO. The second-order valence-electron chi connectivity index (χ2n) is 4.91. The van der Waals surface area contributed by atoms with Gasteiger partial charge in [0, 0.05) is 16.5 Å². The summed E-state index contributed by atoms with van der Waals surface area (Å²) >= 11 is 9.48. The number of ketones is 1. The Hall–Kier alpha value is -1.64. The van der Waals surface area contributed by atoms with E-state index in [1.165, 1.54) is 5.39 Å². The van der Waals surface area contributed by atoms with E-state index >= 15 is 0 Å². The molecule has 0 bridgehead atoms. The van der Waals surface area contributed by atoms with Crippen molar-refractivity contribution in [3.8, 4) is 0 Å². The van der Waals surface area contributed by atoms with Gasteiger partial charge in [-0.3, -0.25) is 4.79 Å². The lowest BCUT2D eigenvalue weighted by Crippen LogP contribution is -2.04. The first kappa shape index (κ1) is 14.3. The Balaban J connectivity index is 1.90. The lowest BCUT2D eigenvalue weighted by Gasteiger charge is -2.06. The third-order valence-electron chi connectivity index (χ3n) is 3.41. The van der Waals surface area contributed by atoms with Crippen LogP contribution < -0.4 is 0 Å². The quantitative estimate of drug-likeness (QED) is 0.550. The van der Waals surface area contributed by atoms with Crippen molar-refractivity contribution in [3.05, 3.63) is 81.3 Å². The normalized spacial score (nSPS) is 10.8. The number of carbonyl (C=O) groups excluding carboxylic acids is 1. The predicted molar refractivity (Wildman–Crippen MR) is 91.1 cm³/mol. The van der Waals surface area contributed by atoms with Crippen molar-refractivity contribution in [1.82, 2.24) is 0 Å². The van der Waals surface area contributed by atoms with Gasteiger partial charge in [0.05, 0.1) is 5.02 Å². The lowest BCUT2D eigenvalue weighted by atomic mass is 10.0. The van der Waals surface area contributed by atoms with Crippen molar-refractivity contribution >= 4 is 44.1 Å². The third kappa shape index (κ3) is 3.17. The van der Waals surface area contributed by atoms with Crippen molar-refractivity contribution in [1.29, 1.82) is 0 Å². The van der Waals surface area contributed by atoms with Gasteiger partial charge in [-0.25, -0.2) is 0 Å². The van der Waals surface area contributed by atoms with Crippen molar-refractivity contribution in [3.63, 3.8) is 0 Å². The van der Waals surface area contributed by atoms with Gasteiger partial charge in [0.1, 0.15) is 0 Å². The number of rotatable bonds is 3. The molecule has 0 amide bonds. The maximum atomic E-state index is 12.4. The van der Waals surface area contributed by atoms with Gasteiger partial charge in [0.25, 0.3) is 0 Å². The summed E-state index contributed by atoms with van der Waals surface area (Å²) in [5.41, 5.74) is 1.55. The SMILES string of the molecule is O=C(Cc1ccc2ccccc2c1)c1cc(Br)ccc1Cl. The molecule has 0 radical (unpaired) electrons. The predicted octanol–water partition coefficient (Wildman–Crippen LogP) is 5.68. The lowest BCUT2D eigenvalue weighted by molar-refractivity contribution is 0.0993. The van der Waals surface area contributed by atoms with Crippen molar-refractivity contribution in [2.24, 2.45) is 0 Å². The smallest absolute Gasteiger partial charge is 0.168 e. The summed E-state index contributed by atoms with van der Waals surface area (Å²) in [5, 5.41) is 2.81. The summed E-state index contributed by atoms with van der Waals surface area (Å²) in [6.07, 6.45) is 0.348. The summed E-state index contributed by atoms with van der Waals surface area (Å²) in [6.45, 7) is 0. The molecule has 21 heavy (non-hydrogen) atoms. The van der Waals surface area contributed by atoms with Crippen LogP contribution >= 0.6 is 27.5 Å². The first-order valence-electron chi connectivity index (χ1n) is 6.59. The van der Waals surface area contributed by atoms with Crippen LogP contribution in [0.15, 0.2) is 65.1 Å². The van der Waals surface area contributed by atoms with E-state index in [1.54, 1.807) is 12.1 Å². The summed E-state index contributed by atoms with van der Waals surface area (Å²) in [4.78, 5) is 12.4. The fourth-order valence-corrected chi connectivity index (χ4v) is 2.92. The number of fused-ring (bicyclic) bond motifs is 1. The molecule has 3 aromatic carbocycles. The molecule has 0 saturated heterocycles. The molecule has 0 fully saturated rings. The second-order valence-corrected chi connectivity index (χ2v) is 6.23. The van der Waals surface area contributed by atoms with E-state index in [0.29, 0.717) is 17.0 Å². The van der Waals surface area contributed by atoms with Crippen LogP contribution in [0.2, 0.25) is 5.02 Å². The monoisotopic (exact) mass is 358 g/mol. The highest BCUT2D eigenvalue weighted by atomic mass is 79.9. The maximum Gasteiger partial charge on any atom is 0.168 e. The van der Waals surface area contributed by atoms with Gasteiger partial charge in [-0.2, -0.15) is 0 Å². The van der Waals surface area contributed by atoms with Crippen LogP contribution in [0.4, 0.5) is 0 Å². The maximum absolute atomic E-state index is 12.4. The minimum absolute atomic E-state index is 0.0246. The van der Waals surface area contributed by atoms with Crippen molar-refractivity contribution in [2.45, 2.75) is 6.42 Å². The summed E-state index contributed by atoms with van der Waals surface area (Å²) in [7, 11) is 0. The molecular weight excluding hydrogens is 348 g/mol. The number of Topliss-reactive ketones (excluding diaryl/α,β-unsaturated/α-hetero) is 1. The van der Waals surface area contributed by atoms with E-state index in [9.17, 15) is 4.79 Å². The van der Waals surface area contributed by atoms with Crippen LogP contribution in [0, 0.1) is 0 Å². The van der Waals surface area contributed by atoms with Crippen LogP contribution in [-0.4, -0.2) is 5.78 Å². The molecule has 0 aliphatic rings. The molecule has 0 aliphatic carbocycles. The second kappa shape index (κ2) is 6.00. The minimum atomic E-state index is 0.0246. The van der Waals surface area contributed by atoms with Gasteiger partial charge in [-0.1, -0.05) is 70.0 Å². The molecule has 3 rings (SSSR count). The first-order chi connectivity index (χ1) is 10.1. The van der Waals surface area contributed by atoms with Crippen LogP contribution in [0.1, 0.15) is 15.9 Å². The Morgan fingerprint density at radius 3 is 2.52 bits per heavy atom. The molecule has 0 aromatic heterocycles. The standard InChI is InChI=1S/C18H12BrClO/c19-15-7-8-17(20)16(11-15)18(21)10-12-5-6-13-3-1-2-4-14(13)9-12/h1-9,11H,10H2. The largest absolute Gasteiger partial charge is 0.294 e. The molecule has 0 N–H and O–H groups in total. The Labute approximate surface area is 136 Å². The van der Waals surface area contributed by atoms with Gasteiger partial charge >= 0.3 is 0 Å². The summed E-state index contributed by atoms with van der Waals surface area (Å²) in [6, 6.07) is 19.5. The Morgan fingerprint density at radius 2 is 1.71 bits per heavy atom. The van der Waals surface area contributed by atoms with Crippen molar-refractivity contribution in [2.75, 3.05) is 0 Å². The van der Waals surface area contributed by atoms with E-state index in [0.717, 1.165) is 15.4 Å². The molecule has 0 spiro atoms. The average molecular weight is 360 g/mol. The summed E-state index contributed by atoms with van der Waals surface area (Å²) in [5.74, 6) is 0.0246. The Bertz CT molecular complexity index is 826. The molecule has 1 nitrogen and oxygen atoms in total.